The van der Waals surface area contributed by atoms with Crippen LogP contribution in [0.3, 0.4) is 0 Å². The molecule has 0 aliphatic heterocycles. The van der Waals surface area contributed by atoms with E-state index >= 15 is 0 Å². The molecule has 0 fully saturated rings. The van der Waals surface area contributed by atoms with E-state index in [0.717, 1.165) is 11.3 Å². The number of rotatable bonds is 6. The van der Waals surface area contributed by atoms with E-state index in [1.807, 2.05) is 34.9 Å². The molecule has 8 heteroatoms. The van der Waals surface area contributed by atoms with Crippen molar-refractivity contribution in [1.29, 1.82) is 0 Å². The average molecular weight is 395 g/mol. The summed E-state index contributed by atoms with van der Waals surface area (Å²) in [6.07, 6.45) is 3.40. The predicted molar refractivity (Wildman–Crippen MR) is 110 cm³/mol. The number of hydrogen-bond donors (Lipinski definition) is 1. The molecule has 0 bridgehead atoms. The van der Waals surface area contributed by atoms with E-state index in [1.54, 1.807) is 21.5 Å². The van der Waals surface area contributed by atoms with Crippen molar-refractivity contribution in [3.8, 4) is 0 Å². The zero-order chi connectivity index (χ0) is 20.6. The first-order chi connectivity index (χ1) is 13.9. The summed E-state index contributed by atoms with van der Waals surface area (Å²) in [7, 11) is 0. The molecule has 0 spiro atoms. The van der Waals surface area contributed by atoms with Gasteiger partial charge in [-0.25, -0.2) is 14.4 Å². The van der Waals surface area contributed by atoms with Gasteiger partial charge in [-0.3, -0.25) is 13.9 Å². The maximum Gasteiger partial charge on any atom is 0.287 e. The molecule has 152 valence electrons. The molecule has 0 radical (unpaired) electrons. The number of hydrogen-bond acceptors (Lipinski definition) is 5. The summed E-state index contributed by atoms with van der Waals surface area (Å²) in [5, 5.41) is 9.00. The number of benzene rings is 1. The summed E-state index contributed by atoms with van der Waals surface area (Å²) in [6.45, 7) is 7.08. The van der Waals surface area contributed by atoms with Gasteiger partial charge in [0.15, 0.2) is 11.2 Å². The summed E-state index contributed by atoms with van der Waals surface area (Å²) >= 11 is 0. The minimum atomic E-state index is -0.205. The topological polar surface area (TPSA) is 86.6 Å². The standard InChI is InChI=1S/C21H25N5O3/c1-21(2,3)16-12-26-19(28)17-18(24(13-22-17)14-29-10-9-27)25(20(26)23-16)11-15-7-5-4-6-8-15/h4-8,12-13,27H,9-11,14H2,1-3H3. The normalized spacial score (nSPS) is 12.3. The van der Waals surface area contributed by atoms with Crippen molar-refractivity contribution < 1.29 is 9.84 Å². The van der Waals surface area contributed by atoms with Gasteiger partial charge >= 0.3 is 0 Å². The average Bonchev–Trinajstić information content (AvgIpc) is 3.31. The van der Waals surface area contributed by atoms with Gasteiger partial charge in [0.05, 0.1) is 31.8 Å². The Labute approximate surface area is 168 Å². The van der Waals surface area contributed by atoms with E-state index < -0.39 is 0 Å². The van der Waals surface area contributed by atoms with Gasteiger partial charge in [0, 0.05) is 11.6 Å². The number of aromatic nitrogens is 5. The van der Waals surface area contributed by atoms with Crippen molar-refractivity contribution in [2.75, 3.05) is 13.2 Å². The SMILES string of the molecule is CC(C)(C)c1cn2c(=O)c3ncn(COCCO)c3n(Cc3ccccc3)c2n1. The fourth-order valence-electron chi connectivity index (χ4n) is 3.32. The van der Waals surface area contributed by atoms with Gasteiger partial charge in [0.2, 0.25) is 5.78 Å². The highest BCUT2D eigenvalue weighted by Crippen LogP contribution is 2.23. The van der Waals surface area contributed by atoms with Crippen molar-refractivity contribution >= 4 is 16.9 Å². The number of aliphatic hydroxyl groups is 1. The van der Waals surface area contributed by atoms with E-state index in [4.69, 9.17) is 14.8 Å². The van der Waals surface area contributed by atoms with Gasteiger partial charge in [0.25, 0.3) is 5.56 Å². The fraction of sp³-hybridized carbons (Fsp3) is 0.381. The molecule has 0 saturated heterocycles. The van der Waals surface area contributed by atoms with Crippen molar-refractivity contribution in [2.45, 2.75) is 39.5 Å². The van der Waals surface area contributed by atoms with Crippen molar-refractivity contribution in [3.05, 3.63) is 64.5 Å². The Hall–Kier alpha value is -2.97. The second kappa shape index (κ2) is 7.46. The van der Waals surface area contributed by atoms with Crippen LogP contribution in [0.15, 0.2) is 47.7 Å². The van der Waals surface area contributed by atoms with Crippen LogP contribution >= 0.6 is 0 Å². The Kier molecular flexibility index (Phi) is 4.97. The number of aliphatic hydroxyl groups excluding tert-OH is 1. The van der Waals surface area contributed by atoms with Gasteiger partial charge in [-0.2, -0.15) is 0 Å². The third kappa shape index (κ3) is 3.56. The van der Waals surface area contributed by atoms with Gasteiger partial charge in [0.1, 0.15) is 6.73 Å². The number of fused-ring (bicyclic) bond motifs is 2. The van der Waals surface area contributed by atoms with Crippen LogP contribution in [0.5, 0.6) is 0 Å². The van der Waals surface area contributed by atoms with Crippen LogP contribution in [0, 0.1) is 0 Å². The third-order valence-corrected chi connectivity index (χ3v) is 4.83. The summed E-state index contributed by atoms with van der Waals surface area (Å²) in [5.41, 5.74) is 2.54. The summed E-state index contributed by atoms with van der Waals surface area (Å²) in [6, 6.07) is 10.0. The third-order valence-electron chi connectivity index (χ3n) is 4.83. The fourth-order valence-corrected chi connectivity index (χ4v) is 3.32. The van der Waals surface area contributed by atoms with Crippen LogP contribution in [-0.2, 0) is 23.4 Å². The second-order valence-corrected chi connectivity index (χ2v) is 8.07. The zero-order valence-corrected chi connectivity index (χ0v) is 16.9. The lowest BCUT2D eigenvalue weighted by Crippen LogP contribution is -2.20. The van der Waals surface area contributed by atoms with E-state index in [0.29, 0.717) is 23.5 Å². The number of nitrogens with zero attached hydrogens (tertiary/aromatic N) is 5. The first kappa shape index (κ1) is 19.4. The summed E-state index contributed by atoms with van der Waals surface area (Å²) in [5.74, 6) is 0.570. The molecule has 1 aromatic carbocycles. The Bertz CT molecular complexity index is 1200. The van der Waals surface area contributed by atoms with E-state index in [2.05, 4.69) is 25.8 Å². The summed E-state index contributed by atoms with van der Waals surface area (Å²) < 4.78 is 10.8. The number of imidazole rings is 2. The molecule has 3 aromatic heterocycles. The Balaban J connectivity index is 1.98. The maximum absolute atomic E-state index is 13.1. The van der Waals surface area contributed by atoms with E-state index in [-0.39, 0.29) is 30.9 Å². The molecule has 29 heavy (non-hydrogen) atoms. The first-order valence-corrected chi connectivity index (χ1v) is 9.60. The lowest BCUT2D eigenvalue weighted by molar-refractivity contribution is 0.0497. The predicted octanol–water partition coefficient (Wildman–Crippen LogP) is 2.16. The molecule has 8 nitrogen and oxygen atoms in total. The monoisotopic (exact) mass is 395 g/mol. The van der Waals surface area contributed by atoms with Gasteiger partial charge in [-0.15, -0.1) is 0 Å². The molecule has 1 N–H and O–H groups in total. The van der Waals surface area contributed by atoms with Crippen LogP contribution in [0.1, 0.15) is 32.0 Å². The lowest BCUT2D eigenvalue weighted by Gasteiger charge is -2.14. The molecule has 0 unspecified atom stereocenters. The Morgan fingerprint density at radius 2 is 1.93 bits per heavy atom. The molecule has 0 saturated carbocycles. The molecule has 0 amide bonds. The van der Waals surface area contributed by atoms with Crippen LogP contribution in [0.25, 0.3) is 16.9 Å². The minimum absolute atomic E-state index is 0.0666. The highest BCUT2D eigenvalue weighted by molar-refractivity contribution is 5.73. The zero-order valence-electron chi connectivity index (χ0n) is 16.9. The van der Waals surface area contributed by atoms with Gasteiger partial charge in [-0.1, -0.05) is 51.1 Å². The Morgan fingerprint density at radius 1 is 1.17 bits per heavy atom. The molecule has 0 aliphatic rings. The largest absolute Gasteiger partial charge is 0.394 e. The Morgan fingerprint density at radius 3 is 2.62 bits per heavy atom. The first-order valence-electron chi connectivity index (χ1n) is 9.60. The van der Waals surface area contributed by atoms with Crippen molar-refractivity contribution in [2.24, 2.45) is 0 Å². The summed E-state index contributed by atoms with van der Waals surface area (Å²) in [4.78, 5) is 22.3. The van der Waals surface area contributed by atoms with Crippen molar-refractivity contribution in [1.82, 2.24) is 23.5 Å². The van der Waals surface area contributed by atoms with Crippen molar-refractivity contribution in [3.63, 3.8) is 0 Å². The van der Waals surface area contributed by atoms with Crippen LogP contribution in [-0.4, -0.2) is 41.8 Å². The number of ether oxygens (including phenoxy) is 1. The lowest BCUT2D eigenvalue weighted by atomic mass is 9.93. The van der Waals surface area contributed by atoms with Gasteiger partial charge in [-0.05, 0) is 5.56 Å². The molecule has 0 atom stereocenters. The maximum atomic E-state index is 13.1. The van der Waals surface area contributed by atoms with Crippen LogP contribution in [0.2, 0.25) is 0 Å². The molecule has 4 rings (SSSR count). The molecule has 3 heterocycles. The molecular formula is C21H25N5O3. The highest BCUT2D eigenvalue weighted by atomic mass is 16.5. The smallest absolute Gasteiger partial charge is 0.287 e. The van der Waals surface area contributed by atoms with E-state index in [9.17, 15) is 4.79 Å². The van der Waals surface area contributed by atoms with E-state index in [1.165, 1.54) is 0 Å². The second-order valence-electron chi connectivity index (χ2n) is 8.07. The molecule has 0 aliphatic carbocycles. The molecular weight excluding hydrogens is 370 g/mol. The van der Waals surface area contributed by atoms with Gasteiger partial charge < -0.3 is 9.84 Å². The van der Waals surface area contributed by atoms with Crippen LogP contribution < -0.4 is 5.56 Å². The molecule has 4 aromatic rings. The quantitative estimate of drug-likeness (QED) is 0.506. The highest BCUT2D eigenvalue weighted by Gasteiger charge is 2.23. The van der Waals surface area contributed by atoms with Crippen LogP contribution in [0.4, 0.5) is 0 Å². The minimum Gasteiger partial charge on any atom is -0.394 e.